The second-order valence-corrected chi connectivity index (χ2v) is 6.68. The topological polar surface area (TPSA) is 71.0 Å². The number of hydrogen-bond acceptors (Lipinski definition) is 3. The van der Waals surface area contributed by atoms with Crippen LogP contribution in [0, 0.1) is 10.4 Å². The fourth-order valence-corrected chi connectivity index (χ4v) is 3.30. The standard InChI is InChI=1S/C19H17BrN2O3/c1-12(2)13-6-5-7-14(10-13)19(23)18-17(11-20)21(24)15-8-3-4-9-16(15)22(18)25/h3-10,12H,11H2,1-2H3. The first-order chi connectivity index (χ1) is 12.0. The summed E-state index contributed by atoms with van der Waals surface area (Å²) >= 11 is 3.23. The third-order valence-corrected chi connectivity index (χ3v) is 4.73. The summed E-state index contributed by atoms with van der Waals surface area (Å²) in [5, 5.41) is 25.5. The number of benzene rings is 2. The molecule has 0 amide bonds. The molecule has 0 aliphatic rings. The molecule has 1 heterocycles. The van der Waals surface area contributed by atoms with Gasteiger partial charge in [0.15, 0.2) is 0 Å². The van der Waals surface area contributed by atoms with E-state index >= 15 is 0 Å². The molecule has 0 bridgehead atoms. The van der Waals surface area contributed by atoms with Crippen LogP contribution in [0.2, 0.25) is 0 Å². The lowest BCUT2D eigenvalue weighted by molar-refractivity contribution is -0.635. The number of hydrogen-bond donors (Lipinski definition) is 0. The first-order valence-corrected chi connectivity index (χ1v) is 9.05. The predicted octanol–water partition coefficient (Wildman–Crippen LogP) is 3.36. The smallest absolute Gasteiger partial charge is 0.335 e. The van der Waals surface area contributed by atoms with Gasteiger partial charge >= 0.3 is 5.69 Å². The van der Waals surface area contributed by atoms with Crippen LogP contribution in [-0.4, -0.2) is 5.78 Å². The maximum atomic E-state index is 13.0. The van der Waals surface area contributed by atoms with Crippen LogP contribution in [0.15, 0.2) is 48.5 Å². The van der Waals surface area contributed by atoms with Crippen molar-refractivity contribution in [3.63, 3.8) is 0 Å². The van der Waals surface area contributed by atoms with Crippen molar-refractivity contribution in [1.82, 2.24) is 0 Å². The Morgan fingerprint density at radius 1 is 1.04 bits per heavy atom. The molecular weight excluding hydrogens is 384 g/mol. The molecule has 1 aromatic heterocycles. The second-order valence-electron chi connectivity index (χ2n) is 6.12. The Balaban J connectivity index is 2.26. The molecule has 25 heavy (non-hydrogen) atoms. The zero-order valence-electron chi connectivity index (χ0n) is 13.9. The highest BCUT2D eigenvalue weighted by Gasteiger charge is 2.33. The fraction of sp³-hybridized carbons (Fsp3) is 0.211. The van der Waals surface area contributed by atoms with E-state index in [1.54, 1.807) is 36.4 Å². The van der Waals surface area contributed by atoms with Crippen LogP contribution in [0.3, 0.4) is 0 Å². The number of halogens is 1. The lowest BCUT2D eigenvalue weighted by Crippen LogP contribution is -2.47. The molecule has 3 aromatic rings. The van der Waals surface area contributed by atoms with Gasteiger partial charge in [-0.3, -0.25) is 4.79 Å². The Kier molecular flexibility index (Phi) is 4.72. The summed E-state index contributed by atoms with van der Waals surface area (Å²) in [6.45, 7) is 4.06. The van der Waals surface area contributed by atoms with E-state index in [0.717, 1.165) is 5.56 Å². The Hall–Kier alpha value is -2.47. The van der Waals surface area contributed by atoms with Gasteiger partial charge in [-0.25, -0.2) is 0 Å². The maximum Gasteiger partial charge on any atom is 0.335 e. The van der Waals surface area contributed by atoms with Crippen molar-refractivity contribution in [2.24, 2.45) is 0 Å². The summed E-state index contributed by atoms with van der Waals surface area (Å²) in [6, 6.07) is 13.6. The highest BCUT2D eigenvalue weighted by molar-refractivity contribution is 9.08. The van der Waals surface area contributed by atoms with Crippen LogP contribution in [0.5, 0.6) is 0 Å². The zero-order valence-corrected chi connectivity index (χ0v) is 15.5. The predicted molar refractivity (Wildman–Crippen MR) is 98.5 cm³/mol. The maximum absolute atomic E-state index is 13.0. The number of carbonyl (C=O) groups is 1. The summed E-state index contributed by atoms with van der Waals surface area (Å²) < 4.78 is 1.21. The molecular formula is C19H17BrN2O3. The average molecular weight is 401 g/mol. The molecule has 6 heteroatoms. The van der Waals surface area contributed by atoms with Gasteiger partial charge in [0.05, 0.1) is 5.33 Å². The van der Waals surface area contributed by atoms with Gasteiger partial charge < -0.3 is 10.4 Å². The first kappa shape index (κ1) is 17.4. The van der Waals surface area contributed by atoms with Gasteiger partial charge in [-0.1, -0.05) is 60.1 Å². The number of nitrogens with zero attached hydrogens (tertiary/aromatic N) is 2. The Labute approximate surface area is 153 Å². The number of ketones is 1. The van der Waals surface area contributed by atoms with Gasteiger partial charge in [-0.15, -0.1) is 0 Å². The summed E-state index contributed by atoms with van der Waals surface area (Å²) in [5.74, 6) is -0.203. The number of para-hydroxylation sites is 2. The van der Waals surface area contributed by atoms with Crippen molar-refractivity contribution >= 4 is 32.7 Å². The number of rotatable bonds is 4. The van der Waals surface area contributed by atoms with Crippen LogP contribution in [-0.2, 0) is 5.33 Å². The monoisotopic (exact) mass is 400 g/mol. The molecule has 0 atom stereocenters. The van der Waals surface area contributed by atoms with Gasteiger partial charge in [0.2, 0.25) is 0 Å². The first-order valence-electron chi connectivity index (χ1n) is 7.93. The highest BCUT2D eigenvalue weighted by atomic mass is 79.9. The molecule has 3 rings (SSSR count). The fourth-order valence-electron chi connectivity index (χ4n) is 2.80. The number of alkyl halides is 1. The highest BCUT2D eigenvalue weighted by Crippen LogP contribution is 2.19. The Bertz CT molecular complexity index is 970. The van der Waals surface area contributed by atoms with Crippen molar-refractivity contribution < 1.29 is 14.3 Å². The Morgan fingerprint density at radius 2 is 1.68 bits per heavy atom. The van der Waals surface area contributed by atoms with E-state index in [9.17, 15) is 15.2 Å². The molecule has 0 saturated heterocycles. The normalized spacial score (nSPS) is 11.2. The molecule has 0 fully saturated rings. The van der Waals surface area contributed by atoms with Gasteiger partial charge in [0, 0.05) is 17.7 Å². The minimum atomic E-state index is -0.456. The van der Waals surface area contributed by atoms with E-state index in [4.69, 9.17) is 0 Å². The molecule has 2 aromatic carbocycles. The van der Waals surface area contributed by atoms with E-state index in [-0.39, 0.29) is 33.7 Å². The molecule has 128 valence electrons. The molecule has 0 unspecified atom stereocenters. The van der Waals surface area contributed by atoms with E-state index < -0.39 is 5.78 Å². The van der Waals surface area contributed by atoms with E-state index in [1.807, 2.05) is 19.9 Å². The molecule has 0 spiro atoms. The van der Waals surface area contributed by atoms with E-state index in [0.29, 0.717) is 15.0 Å². The summed E-state index contributed by atoms with van der Waals surface area (Å²) in [5.41, 5.74) is 1.76. The quantitative estimate of drug-likeness (QED) is 0.291. The van der Waals surface area contributed by atoms with Crippen LogP contribution < -0.4 is 9.46 Å². The van der Waals surface area contributed by atoms with E-state index in [2.05, 4.69) is 15.9 Å². The molecule has 0 aliphatic carbocycles. The number of carbonyl (C=O) groups excluding carboxylic acids is 1. The van der Waals surface area contributed by atoms with Crippen LogP contribution >= 0.6 is 15.9 Å². The molecule has 0 aliphatic heterocycles. The molecule has 0 N–H and O–H groups in total. The van der Waals surface area contributed by atoms with Crippen molar-refractivity contribution in [2.45, 2.75) is 25.1 Å². The SMILES string of the molecule is CC(C)c1cccc(C(=O)c2c(CBr)[n+]([O-])c3ccccc3[n+]2[O-])c1. The molecule has 0 radical (unpaired) electrons. The molecule has 0 saturated carbocycles. The second kappa shape index (κ2) is 6.80. The molecule has 5 nitrogen and oxygen atoms in total. The largest absolute Gasteiger partial charge is 0.618 e. The average Bonchev–Trinajstić information content (AvgIpc) is 2.64. The van der Waals surface area contributed by atoms with Gasteiger partial charge in [0.1, 0.15) is 0 Å². The van der Waals surface area contributed by atoms with Crippen molar-refractivity contribution in [3.05, 3.63) is 81.5 Å². The van der Waals surface area contributed by atoms with E-state index in [1.165, 1.54) is 6.07 Å². The van der Waals surface area contributed by atoms with Crippen LogP contribution in [0.1, 0.15) is 47.1 Å². The van der Waals surface area contributed by atoms with Crippen LogP contribution in [0.25, 0.3) is 11.0 Å². The summed E-state index contributed by atoms with van der Waals surface area (Å²) in [4.78, 5) is 13.0. The minimum Gasteiger partial charge on any atom is -0.618 e. The Morgan fingerprint density at radius 3 is 2.28 bits per heavy atom. The number of aromatic nitrogens is 2. The lowest BCUT2D eigenvalue weighted by Gasteiger charge is -2.12. The number of fused-ring (bicyclic) bond motifs is 1. The van der Waals surface area contributed by atoms with Crippen molar-refractivity contribution in [3.8, 4) is 0 Å². The lowest BCUT2D eigenvalue weighted by atomic mass is 9.98. The van der Waals surface area contributed by atoms with Crippen LogP contribution in [0.4, 0.5) is 0 Å². The van der Waals surface area contributed by atoms with Crippen molar-refractivity contribution in [2.75, 3.05) is 0 Å². The third kappa shape index (κ3) is 2.98. The summed E-state index contributed by atoms with van der Waals surface area (Å²) in [6.07, 6.45) is 0. The van der Waals surface area contributed by atoms with Gasteiger partial charge in [-0.2, -0.15) is 9.46 Å². The van der Waals surface area contributed by atoms with Gasteiger partial charge in [-0.05, 0) is 17.5 Å². The zero-order chi connectivity index (χ0) is 18.1. The van der Waals surface area contributed by atoms with Gasteiger partial charge in [0.25, 0.3) is 22.5 Å². The van der Waals surface area contributed by atoms with Crippen molar-refractivity contribution in [1.29, 1.82) is 0 Å². The summed E-state index contributed by atoms with van der Waals surface area (Å²) in [7, 11) is 0. The minimum absolute atomic E-state index is 0.105. The third-order valence-electron chi connectivity index (χ3n) is 4.20.